The zero-order valence-electron chi connectivity index (χ0n) is 22.5. The second kappa shape index (κ2) is 11.1. The Kier molecular flexibility index (Phi) is 8.23. The van der Waals surface area contributed by atoms with E-state index in [2.05, 4.69) is 15.3 Å². The lowest BCUT2D eigenvalue weighted by atomic mass is 9.91. The van der Waals surface area contributed by atoms with E-state index in [9.17, 15) is 9.90 Å². The topological polar surface area (TPSA) is 121 Å². The normalized spacial score (nSPS) is 26.6. The summed E-state index contributed by atoms with van der Waals surface area (Å²) in [6, 6.07) is 5.19. The molecule has 5 atom stereocenters. The van der Waals surface area contributed by atoms with Crippen LogP contribution in [0.4, 0.5) is 4.79 Å². The molecule has 4 heterocycles. The maximum atomic E-state index is 12.5. The standard InChI is InChI=1S/C27H39N3O7/c1-26(2,3)37-25(32)29-18-7-9-21(35-22(18)14-17-15-34-27(4,5)36-17)20(31)13-16-11-12-28-19-8-10-23(33-6)30-24(16)19/h8,10-12,17-18,20-22,31H,7,9,13-15H2,1-6H3,(H,29,32)/t17-,18-,20+,21+,22+/m1/s1. The molecule has 2 N–H and O–H groups in total. The summed E-state index contributed by atoms with van der Waals surface area (Å²) in [5.41, 5.74) is 1.68. The first-order valence-electron chi connectivity index (χ1n) is 12.9. The molecule has 1 amide bonds. The number of alkyl carbamates (subject to hydrolysis) is 1. The van der Waals surface area contributed by atoms with Crippen molar-refractivity contribution in [1.82, 2.24) is 15.3 Å². The fourth-order valence-corrected chi connectivity index (χ4v) is 4.88. The molecule has 0 unspecified atom stereocenters. The van der Waals surface area contributed by atoms with Crippen LogP contribution in [-0.4, -0.2) is 76.7 Å². The lowest BCUT2D eigenvalue weighted by Crippen LogP contribution is -2.53. The fraction of sp³-hybridized carbons (Fsp3) is 0.667. The summed E-state index contributed by atoms with van der Waals surface area (Å²) >= 11 is 0. The quantitative estimate of drug-likeness (QED) is 0.568. The van der Waals surface area contributed by atoms with E-state index in [0.717, 1.165) is 11.1 Å². The number of nitrogens with zero attached hydrogens (tertiary/aromatic N) is 2. The second-order valence-electron chi connectivity index (χ2n) is 11.2. The third kappa shape index (κ3) is 7.28. The van der Waals surface area contributed by atoms with Gasteiger partial charge in [0, 0.05) is 25.1 Å². The number of rotatable bonds is 7. The molecule has 2 aliphatic heterocycles. The Labute approximate surface area is 218 Å². The van der Waals surface area contributed by atoms with Gasteiger partial charge in [0.2, 0.25) is 5.88 Å². The summed E-state index contributed by atoms with van der Waals surface area (Å²) in [7, 11) is 1.57. The number of fused-ring (bicyclic) bond motifs is 1. The number of pyridine rings is 2. The molecule has 4 rings (SSSR count). The largest absolute Gasteiger partial charge is 0.481 e. The highest BCUT2D eigenvalue weighted by Gasteiger charge is 2.41. The third-order valence-corrected chi connectivity index (χ3v) is 6.53. The Balaban J connectivity index is 1.47. The molecule has 37 heavy (non-hydrogen) atoms. The van der Waals surface area contributed by atoms with E-state index in [1.165, 1.54) is 0 Å². The van der Waals surface area contributed by atoms with Crippen LogP contribution >= 0.6 is 0 Å². The zero-order chi connectivity index (χ0) is 26.8. The minimum Gasteiger partial charge on any atom is -0.481 e. The van der Waals surface area contributed by atoms with Gasteiger partial charge in [-0.3, -0.25) is 4.98 Å². The van der Waals surface area contributed by atoms with Crippen LogP contribution in [0.3, 0.4) is 0 Å². The van der Waals surface area contributed by atoms with Gasteiger partial charge in [0.15, 0.2) is 5.79 Å². The van der Waals surface area contributed by atoms with Gasteiger partial charge in [-0.15, -0.1) is 0 Å². The molecule has 2 fully saturated rings. The number of aliphatic hydroxyl groups excluding tert-OH is 1. The summed E-state index contributed by atoms with van der Waals surface area (Å²) in [6.07, 6.45) is 1.53. The number of hydrogen-bond donors (Lipinski definition) is 2. The maximum absolute atomic E-state index is 12.5. The molecule has 0 bridgehead atoms. The van der Waals surface area contributed by atoms with Gasteiger partial charge in [-0.05, 0) is 65.2 Å². The SMILES string of the molecule is COc1ccc2nccc(C[C@H](O)[C@@H]3CC[C@@H](NC(=O)OC(C)(C)C)[C@H](C[C@@H]4COC(C)(C)O4)O3)c2n1. The van der Waals surface area contributed by atoms with E-state index in [4.69, 9.17) is 23.7 Å². The van der Waals surface area contributed by atoms with E-state index in [0.29, 0.717) is 43.7 Å². The third-order valence-electron chi connectivity index (χ3n) is 6.53. The minimum absolute atomic E-state index is 0.181. The first-order chi connectivity index (χ1) is 17.4. The van der Waals surface area contributed by atoms with Crippen molar-refractivity contribution in [3.63, 3.8) is 0 Å². The van der Waals surface area contributed by atoms with Crippen LogP contribution in [0.5, 0.6) is 5.88 Å². The summed E-state index contributed by atoms with van der Waals surface area (Å²) in [5, 5.41) is 14.2. The smallest absolute Gasteiger partial charge is 0.407 e. The van der Waals surface area contributed by atoms with Crippen molar-refractivity contribution in [3.8, 4) is 5.88 Å². The summed E-state index contributed by atoms with van der Waals surface area (Å²) in [5.74, 6) is -0.175. The van der Waals surface area contributed by atoms with Crippen LogP contribution in [0.2, 0.25) is 0 Å². The Morgan fingerprint density at radius 2 is 2.05 bits per heavy atom. The number of carbonyl (C=O) groups is 1. The van der Waals surface area contributed by atoms with E-state index in [1.807, 2.05) is 46.8 Å². The molecule has 0 saturated carbocycles. The van der Waals surface area contributed by atoms with Gasteiger partial charge in [-0.1, -0.05) is 0 Å². The Bertz CT molecular complexity index is 1090. The number of ether oxygens (including phenoxy) is 5. The van der Waals surface area contributed by atoms with Gasteiger partial charge >= 0.3 is 6.09 Å². The monoisotopic (exact) mass is 517 g/mol. The molecular formula is C27H39N3O7. The first kappa shape index (κ1) is 27.5. The minimum atomic E-state index is -0.777. The van der Waals surface area contributed by atoms with Gasteiger partial charge < -0.3 is 34.1 Å². The highest BCUT2D eigenvalue weighted by molar-refractivity contribution is 5.78. The van der Waals surface area contributed by atoms with Gasteiger partial charge in [0.1, 0.15) is 5.60 Å². The molecule has 204 valence electrons. The number of carbonyl (C=O) groups excluding carboxylic acids is 1. The van der Waals surface area contributed by atoms with Crippen LogP contribution in [0, 0.1) is 0 Å². The van der Waals surface area contributed by atoms with Crippen molar-refractivity contribution < 1.29 is 33.6 Å². The van der Waals surface area contributed by atoms with Crippen molar-refractivity contribution in [2.75, 3.05) is 13.7 Å². The van der Waals surface area contributed by atoms with Crippen molar-refractivity contribution in [2.45, 2.75) is 102 Å². The Morgan fingerprint density at radius 3 is 2.73 bits per heavy atom. The second-order valence-corrected chi connectivity index (χ2v) is 11.2. The number of nitrogens with one attached hydrogen (secondary N) is 1. The van der Waals surface area contributed by atoms with Crippen molar-refractivity contribution in [3.05, 3.63) is 30.0 Å². The van der Waals surface area contributed by atoms with Crippen LogP contribution in [-0.2, 0) is 25.4 Å². The summed E-state index contributed by atoms with van der Waals surface area (Å²) in [6.45, 7) is 9.67. The highest BCUT2D eigenvalue weighted by atomic mass is 16.7. The maximum Gasteiger partial charge on any atom is 0.407 e. The van der Waals surface area contributed by atoms with Crippen molar-refractivity contribution in [1.29, 1.82) is 0 Å². The number of aromatic nitrogens is 2. The van der Waals surface area contributed by atoms with Crippen LogP contribution < -0.4 is 10.1 Å². The number of amides is 1. The molecular weight excluding hydrogens is 478 g/mol. The predicted molar refractivity (Wildman–Crippen MR) is 136 cm³/mol. The van der Waals surface area contributed by atoms with E-state index >= 15 is 0 Å². The van der Waals surface area contributed by atoms with Gasteiger partial charge in [-0.25, -0.2) is 9.78 Å². The van der Waals surface area contributed by atoms with Gasteiger partial charge in [0.25, 0.3) is 0 Å². The number of hydrogen-bond acceptors (Lipinski definition) is 9. The molecule has 2 aromatic heterocycles. The van der Waals surface area contributed by atoms with E-state index < -0.39 is 29.7 Å². The average molecular weight is 518 g/mol. The highest BCUT2D eigenvalue weighted by Crippen LogP contribution is 2.31. The molecule has 0 radical (unpaired) electrons. The molecule has 2 aromatic rings. The van der Waals surface area contributed by atoms with Crippen molar-refractivity contribution in [2.24, 2.45) is 0 Å². The molecule has 0 aliphatic carbocycles. The lowest BCUT2D eigenvalue weighted by Gasteiger charge is -2.39. The van der Waals surface area contributed by atoms with E-state index in [1.54, 1.807) is 19.4 Å². The predicted octanol–water partition coefficient (Wildman–Crippen LogP) is 3.52. The molecule has 0 aromatic carbocycles. The lowest BCUT2D eigenvalue weighted by molar-refractivity contribution is -0.156. The first-order valence-corrected chi connectivity index (χ1v) is 12.9. The van der Waals surface area contributed by atoms with Crippen LogP contribution in [0.1, 0.15) is 59.4 Å². The zero-order valence-corrected chi connectivity index (χ0v) is 22.5. The molecule has 10 heteroatoms. The van der Waals surface area contributed by atoms with E-state index in [-0.39, 0.29) is 18.2 Å². The van der Waals surface area contributed by atoms with Gasteiger partial charge in [0.05, 0.1) is 55.2 Å². The fourth-order valence-electron chi connectivity index (χ4n) is 4.88. The number of methoxy groups -OCH3 is 1. The van der Waals surface area contributed by atoms with Crippen LogP contribution in [0.15, 0.2) is 24.4 Å². The summed E-state index contributed by atoms with van der Waals surface area (Å²) < 4.78 is 28.9. The average Bonchev–Trinajstić information content (AvgIpc) is 3.16. The summed E-state index contributed by atoms with van der Waals surface area (Å²) in [4.78, 5) is 21.4. The Hall–Kier alpha value is -2.53. The van der Waals surface area contributed by atoms with Crippen molar-refractivity contribution >= 4 is 17.1 Å². The molecule has 2 aliphatic rings. The Morgan fingerprint density at radius 1 is 1.27 bits per heavy atom. The molecule has 2 saturated heterocycles. The number of aliphatic hydroxyl groups is 1. The van der Waals surface area contributed by atoms with Crippen LogP contribution in [0.25, 0.3) is 11.0 Å². The van der Waals surface area contributed by atoms with Gasteiger partial charge in [-0.2, -0.15) is 0 Å². The molecule has 10 nitrogen and oxygen atoms in total. The molecule has 0 spiro atoms.